The zero-order valence-electron chi connectivity index (χ0n) is 16.9. The number of nitrogens with zero attached hydrogens (tertiary/aromatic N) is 3. The van der Waals surface area contributed by atoms with Crippen molar-refractivity contribution in [2.75, 3.05) is 7.05 Å². The van der Waals surface area contributed by atoms with Gasteiger partial charge in [-0.1, -0.05) is 66.7 Å². The molecule has 1 amide bonds. The maximum atomic E-state index is 11.8. The highest BCUT2D eigenvalue weighted by molar-refractivity contribution is 6.13. The minimum Gasteiger partial charge on any atom is -0.439 e. The zero-order valence-corrected chi connectivity index (χ0v) is 16.9. The Kier molecular flexibility index (Phi) is 6.09. The van der Waals surface area contributed by atoms with Crippen molar-refractivity contribution in [3.05, 3.63) is 114 Å². The van der Waals surface area contributed by atoms with Crippen molar-refractivity contribution < 1.29 is 9.53 Å². The third-order valence-corrected chi connectivity index (χ3v) is 4.44. The van der Waals surface area contributed by atoms with Gasteiger partial charge in [-0.2, -0.15) is 4.98 Å². The Hall–Kier alpha value is -4.32. The lowest BCUT2D eigenvalue weighted by atomic mass is 10.0. The van der Waals surface area contributed by atoms with Crippen molar-refractivity contribution in [2.45, 2.75) is 0 Å². The van der Waals surface area contributed by atoms with E-state index in [2.05, 4.69) is 15.3 Å². The number of hydrogen-bond acceptors (Lipinski definition) is 5. The molecule has 0 saturated heterocycles. The molecule has 2 aromatic heterocycles. The number of pyridine rings is 2. The molecule has 0 aliphatic rings. The molecule has 1 N–H and O–H groups in total. The lowest BCUT2D eigenvalue weighted by Crippen LogP contribution is -2.18. The van der Waals surface area contributed by atoms with Crippen LogP contribution in [0.2, 0.25) is 0 Å². The molecule has 4 rings (SSSR count). The molecule has 0 atom stereocenters. The minimum atomic E-state index is -0.285. The predicted molar refractivity (Wildman–Crippen MR) is 120 cm³/mol. The highest BCUT2D eigenvalue weighted by atomic mass is 16.5. The molecule has 0 spiro atoms. The molecule has 31 heavy (non-hydrogen) atoms. The van der Waals surface area contributed by atoms with E-state index in [4.69, 9.17) is 9.73 Å². The predicted octanol–water partition coefficient (Wildman–Crippen LogP) is 4.80. The van der Waals surface area contributed by atoms with Crippen molar-refractivity contribution in [3.8, 4) is 11.6 Å². The summed E-state index contributed by atoms with van der Waals surface area (Å²) < 4.78 is 5.85. The van der Waals surface area contributed by atoms with E-state index in [1.807, 2.05) is 72.8 Å². The number of carbonyl (C=O) groups excluding carboxylic acids is 1. The lowest BCUT2D eigenvalue weighted by Gasteiger charge is -2.09. The molecule has 2 heterocycles. The summed E-state index contributed by atoms with van der Waals surface area (Å²) >= 11 is 0. The van der Waals surface area contributed by atoms with Crippen LogP contribution in [0.3, 0.4) is 0 Å². The summed E-state index contributed by atoms with van der Waals surface area (Å²) in [6, 6.07) is 28.6. The van der Waals surface area contributed by atoms with Crippen LogP contribution >= 0.6 is 0 Å². The molecular weight excluding hydrogens is 388 g/mol. The van der Waals surface area contributed by atoms with Gasteiger partial charge in [-0.05, 0) is 12.1 Å². The highest BCUT2D eigenvalue weighted by Crippen LogP contribution is 2.23. The maximum Gasteiger partial charge on any atom is 0.269 e. The smallest absolute Gasteiger partial charge is 0.269 e. The van der Waals surface area contributed by atoms with Gasteiger partial charge < -0.3 is 10.1 Å². The number of benzene rings is 2. The van der Waals surface area contributed by atoms with Crippen LogP contribution in [0.15, 0.2) is 102 Å². The van der Waals surface area contributed by atoms with E-state index < -0.39 is 0 Å². The largest absolute Gasteiger partial charge is 0.439 e. The van der Waals surface area contributed by atoms with Crippen molar-refractivity contribution in [1.29, 1.82) is 0 Å². The molecular formula is C25H20N4O2. The summed E-state index contributed by atoms with van der Waals surface area (Å²) in [6.45, 7) is 0. The molecule has 0 aliphatic heterocycles. The Morgan fingerprint density at radius 2 is 1.55 bits per heavy atom. The van der Waals surface area contributed by atoms with Gasteiger partial charge in [0.1, 0.15) is 11.4 Å². The fourth-order valence-corrected chi connectivity index (χ4v) is 2.97. The van der Waals surface area contributed by atoms with Crippen LogP contribution in [0.5, 0.6) is 11.6 Å². The Morgan fingerprint density at radius 1 is 0.871 bits per heavy atom. The van der Waals surface area contributed by atoms with Gasteiger partial charge in [0, 0.05) is 36.5 Å². The SMILES string of the molecule is CNC(=O)c1cc(Oc2cccc(N=C(c3ccccc3)c3ccccc3)n2)ccn1. The van der Waals surface area contributed by atoms with E-state index in [1.165, 1.54) is 6.20 Å². The summed E-state index contributed by atoms with van der Waals surface area (Å²) in [5, 5.41) is 2.54. The van der Waals surface area contributed by atoms with Crippen LogP contribution < -0.4 is 10.1 Å². The molecule has 152 valence electrons. The van der Waals surface area contributed by atoms with E-state index in [9.17, 15) is 4.79 Å². The molecule has 0 radical (unpaired) electrons. The molecule has 0 bridgehead atoms. The molecule has 4 aromatic rings. The third-order valence-electron chi connectivity index (χ3n) is 4.44. The van der Waals surface area contributed by atoms with Gasteiger partial charge in [-0.15, -0.1) is 0 Å². The fourth-order valence-electron chi connectivity index (χ4n) is 2.97. The number of amides is 1. The molecule has 2 aromatic carbocycles. The number of rotatable bonds is 6. The van der Waals surface area contributed by atoms with Crippen LogP contribution in [0, 0.1) is 0 Å². The van der Waals surface area contributed by atoms with Gasteiger partial charge in [0.25, 0.3) is 5.91 Å². The van der Waals surface area contributed by atoms with E-state index in [-0.39, 0.29) is 11.6 Å². The van der Waals surface area contributed by atoms with Crippen molar-refractivity contribution >= 4 is 17.4 Å². The molecule has 0 unspecified atom stereocenters. The average Bonchev–Trinajstić information content (AvgIpc) is 2.83. The summed E-state index contributed by atoms with van der Waals surface area (Å²) in [4.78, 5) is 25.2. The first-order chi connectivity index (χ1) is 15.2. The number of nitrogens with one attached hydrogen (secondary N) is 1. The van der Waals surface area contributed by atoms with Gasteiger partial charge in [0.15, 0.2) is 5.82 Å². The second-order valence-corrected chi connectivity index (χ2v) is 6.58. The fraction of sp³-hybridized carbons (Fsp3) is 0.0400. The minimum absolute atomic E-state index is 0.268. The highest BCUT2D eigenvalue weighted by Gasteiger charge is 2.10. The van der Waals surface area contributed by atoms with Crippen molar-refractivity contribution in [2.24, 2.45) is 4.99 Å². The normalized spacial score (nSPS) is 10.2. The zero-order chi connectivity index (χ0) is 21.5. The topological polar surface area (TPSA) is 76.5 Å². The van der Waals surface area contributed by atoms with Crippen LogP contribution in [-0.4, -0.2) is 28.6 Å². The van der Waals surface area contributed by atoms with Crippen molar-refractivity contribution in [3.63, 3.8) is 0 Å². The number of carbonyl (C=O) groups is 1. The maximum absolute atomic E-state index is 11.8. The van der Waals surface area contributed by atoms with Crippen LogP contribution in [0.4, 0.5) is 5.82 Å². The summed E-state index contributed by atoms with van der Waals surface area (Å²) in [5.74, 6) is 1.07. The van der Waals surface area contributed by atoms with Gasteiger partial charge >= 0.3 is 0 Å². The van der Waals surface area contributed by atoms with E-state index in [0.29, 0.717) is 17.4 Å². The first-order valence-electron chi connectivity index (χ1n) is 9.75. The van der Waals surface area contributed by atoms with Gasteiger partial charge in [0.2, 0.25) is 5.88 Å². The van der Waals surface area contributed by atoms with Gasteiger partial charge in [-0.3, -0.25) is 9.78 Å². The first kappa shape index (κ1) is 20.0. The summed E-state index contributed by atoms with van der Waals surface area (Å²) in [7, 11) is 1.55. The first-order valence-corrected chi connectivity index (χ1v) is 9.75. The summed E-state index contributed by atoms with van der Waals surface area (Å²) in [5.41, 5.74) is 3.07. The quantitative estimate of drug-likeness (QED) is 0.465. The second-order valence-electron chi connectivity index (χ2n) is 6.58. The Bertz CT molecular complexity index is 1170. The Labute approximate surface area is 180 Å². The van der Waals surface area contributed by atoms with Crippen molar-refractivity contribution in [1.82, 2.24) is 15.3 Å². The number of aliphatic imine (C=N–C) groups is 1. The van der Waals surface area contributed by atoms with E-state index >= 15 is 0 Å². The molecule has 6 nitrogen and oxygen atoms in total. The van der Waals surface area contributed by atoms with E-state index in [0.717, 1.165) is 16.8 Å². The molecule has 0 fully saturated rings. The standard InChI is InChI=1S/C25H20N4O2/c1-26-25(30)21-17-20(15-16-27-21)31-23-14-8-13-22(28-23)29-24(18-9-4-2-5-10-18)19-11-6-3-7-12-19/h2-17H,1H3,(H,26,30). The monoisotopic (exact) mass is 408 g/mol. The molecule has 0 saturated carbocycles. The Balaban J connectivity index is 1.67. The Morgan fingerprint density at radius 3 is 2.19 bits per heavy atom. The third kappa shape index (κ3) is 5.00. The van der Waals surface area contributed by atoms with Gasteiger partial charge in [0.05, 0.1) is 5.71 Å². The van der Waals surface area contributed by atoms with E-state index in [1.54, 1.807) is 25.2 Å². The summed E-state index contributed by atoms with van der Waals surface area (Å²) in [6.07, 6.45) is 1.52. The molecule has 6 heteroatoms. The lowest BCUT2D eigenvalue weighted by molar-refractivity contribution is 0.0958. The number of aromatic nitrogens is 2. The number of ether oxygens (including phenoxy) is 1. The average molecular weight is 408 g/mol. The van der Waals surface area contributed by atoms with Gasteiger partial charge in [-0.25, -0.2) is 4.99 Å². The van der Waals surface area contributed by atoms with Crippen LogP contribution in [-0.2, 0) is 0 Å². The number of hydrogen-bond donors (Lipinski definition) is 1. The second kappa shape index (κ2) is 9.45. The van der Waals surface area contributed by atoms with Crippen LogP contribution in [0.25, 0.3) is 0 Å². The van der Waals surface area contributed by atoms with Crippen LogP contribution in [0.1, 0.15) is 21.6 Å². The molecule has 0 aliphatic carbocycles.